The highest BCUT2D eigenvalue weighted by Crippen LogP contribution is 2.19. The molecule has 0 aliphatic carbocycles. The van der Waals surface area contributed by atoms with Crippen LogP contribution in [0.25, 0.3) is 0 Å². The summed E-state index contributed by atoms with van der Waals surface area (Å²) in [5.74, 6) is 0.918. The number of ether oxygens (including phenoxy) is 1. The number of hydrogen-bond donors (Lipinski definition) is 1. The molecule has 1 aromatic rings. The molecule has 0 aliphatic heterocycles. The Balaban J connectivity index is 0.00000361. The normalized spacial score (nSPS) is 11.7. The third-order valence-corrected chi connectivity index (χ3v) is 3.06. The van der Waals surface area contributed by atoms with Gasteiger partial charge >= 0.3 is 0 Å². The minimum Gasteiger partial charge on any atom is -0.494 e. The molecule has 114 valence electrons. The van der Waals surface area contributed by atoms with Gasteiger partial charge in [-0.2, -0.15) is 0 Å². The van der Waals surface area contributed by atoms with Crippen LogP contribution < -0.4 is 10.5 Å². The van der Waals surface area contributed by atoms with Gasteiger partial charge in [0.15, 0.2) is 0 Å². The van der Waals surface area contributed by atoms with Crippen LogP contribution in [-0.2, 0) is 11.3 Å². The van der Waals surface area contributed by atoms with Crippen molar-refractivity contribution in [3.63, 3.8) is 0 Å². The largest absolute Gasteiger partial charge is 0.494 e. The first-order chi connectivity index (χ1) is 8.97. The molecule has 4 nitrogen and oxygen atoms in total. The van der Waals surface area contributed by atoms with Gasteiger partial charge in [0.05, 0.1) is 12.6 Å². The van der Waals surface area contributed by atoms with Crippen molar-refractivity contribution < 1.29 is 9.53 Å². The summed E-state index contributed by atoms with van der Waals surface area (Å²) in [6.07, 6.45) is 0. The van der Waals surface area contributed by atoms with Crippen LogP contribution in [0.4, 0.5) is 0 Å². The van der Waals surface area contributed by atoms with Gasteiger partial charge < -0.3 is 15.4 Å². The van der Waals surface area contributed by atoms with Crippen molar-refractivity contribution in [1.82, 2.24) is 4.90 Å². The number of halogens is 1. The van der Waals surface area contributed by atoms with Gasteiger partial charge in [-0.15, -0.1) is 12.4 Å². The highest BCUT2D eigenvalue weighted by atomic mass is 35.5. The number of benzene rings is 1. The van der Waals surface area contributed by atoms with Crippen LogP contribution in [0.5, 0.6) is 5.75 Å². The van der Waals surface area contributed by atoms with Crippen LogP contribution in [0.1, 0.15) is 26.3 Å². The number of para-hydroxylation sites is 1. The highest BCUT2D eigenvalue weighted by molar-refractivity contribution is 5.85. The molecule has 0 bridgehead atoms. The predicted octanol–water partition coefficient (Wildman–Crippen LogP) is 2.45. The standard InChI is InChI=1S/C15H24N2O2.ClH/c1-5-19-13-9-7-6-8-12(13)10-17(4)15(18)14(16)11(2)3;/h6-9,11,14H,5,10,16H2,1-4H3;1H/t14-;/m1./s1. The van der Waals surface area contributed by atoms with Gasteiger partial charge in [0.25, 0.3) is 0 Å². The number of likely N-dealkylation sites (N-methyl/N-ethyl adjacent to an activating group) is 1. The maximum absolute atomic E-state index is 12.1. The molecule has 5 heteroatoms. The minimum absolute atomic E-state index is 0. The lowest BCUT2D eigenvalue weighted by Crippen LogP contribution is -2.44. The number of carbonyl (C=O) groups is 1. The Labute approximate surface area is 127 Å². The Morgan fingerprint density at radius 2 is 1.95 bits per heavy atom. The number of amides is 1. The maximum Gasteiger partial charge on any atom is 0.239 e. The second kappa shape index (κ2) is 8.82. The third-order valence-electron chi connectivity index (χ3n) is 3.06. The van der Waals surface area contributed by atoms with E-state index in [1.807, 2.05) is 45.0 Å². The van der Waals surface area contributed by atoms with Crippen molar-refractivity contribution in [2.45, 2.75) is 33.4 Å². The van der Waals surface area contributed by atoms with E-state index < -0.39 is 6.04 Å². The first-order valence-corrected chi connectivity index (χ1v) is 6.68. The molecular weight excluding hydrogens is 276 g/mol. The van der Waals surface area contributed by atoms with Gasteiger partial charge in [-0.3, -0.25) is 4.79 Å². The molecule has 1 aromatic carbocycles. The van der Waals surface area contributed by atoms with E-state index in [4.69, 9.17) is 10.5 Å². The Kier molecular flexibility index (Phi) is 8.26. The van der Waals surface area contributed by atoms with Crippen LogP contribution in [0.2, 0.25) is 0 Å². The zero-order valence-electron chi connectivity index (χ0n) is 12.6. The number of hydrogen-bond acceptors (Lipinski definition) is 3. The lowest BCUT2D eigenvalue weighted by molar-refractivity contribution is -0.132. The molecule has 0 unspecified atom stereocenters. The fraction of sp³-hybridized carbons (Fsp3) is 0.533. The minimum atomic E-state index is -0.454. The van der Waals surface area contributed by atoms with Crippen molar-refractivity contribution in [2.24, 2.45) is 11.7 Å². The van der Waals surface area contributed by atoms with Crippen molar-refractivity contribution in [3.05, 3.63) is 29.8 Å². The molecule has 0 heterocycles. The van der Waals surface area contributed by atoms with Crippen LogP contribution in [0, 0.1) is 5.92 Å². The molecule has 0 fully saturated rings. The number of carbonyl (C=O) groups excluding carboxylic acids is 1. The van der Waals surface area contributed by atoms with E-state index in [2.05, 4.69) is 0 Å². The number of rotatable bonds is 6. The zero-order chi connectivity index (χ0) is 14.4. The molecule has 2 N–H and O–H groups in total. The number of nitrogens with zero attached hydrogens (tertiary/aromatic N) is 1. The second-order valence-corrected chi connectivity index (χ2v) is 5.00. The van der Waals surface area contributed by atoms with Gasteiger partial charge in [-0.1, -0.05) is 32.0 Å². The zero-order valence-corrected chi connectivity index (χ0v) is 13.4. The van der Waals surface area contributed by atoms with E-state index in [0.29, 0.717) is 13.2 Å². The quantitative estimate of drug-likeness (QED) is 0.878. The predicted molar refractivity (Wildman–Crippen MR) is 84.1 cm³/mol. The van der Waals surface area contributed by atoms with Gasteiger partial charge in [0, 0.05) is 19.2 Å². The fourth-order valence-electron chi connectivity index (χ4n) is 1.80. The van der Waals surface area contributed by atoms with Gasteiger partial charge in [0.2, 0.25) is 5.91 Å². The molecule has 0 aliphatic rings. The Bertz CT molecular complexity index is 424. The van der Waals surface area contributed by atoms with Gasteiger partial charge in [-0.25, -0.2) is 0 Å². The molecule has 1 amide bonds. The fourth-order valence-corrected chi connectivity index (χ4v) is 1.80. The Morgan fingerprint density at radius 1 is 1.35 bits per heavy atom. The molecule has 1 atom stereocenters. The molecule has 1 rings (SSSR count). The van der Waals surface area contributed by atoms with Crippen LogP contribution in [0.15, 0.2) is 24.3 Å². The molecule has 0 radical (unpaired) electrons. The van der Waals surface area contributed by atoms with E-state index in [0.717, 1.165) is 11.3 Å². The summed E-state index contributed by atoms with van der Waals surface area (Å²) in [4.78, 5) is 13.8. The molecular formula is C15H25ClN2O2. The first kappa shape index (κ1) is 18.7. The SMILES string of the molecule is CCOc1ccccc1CN(C)C(=O)[C@H](N)C(C)C.Cl. The summed E-state index contributed by atoms with van der Waals surface area (Å²) in [6, 6.07) is 7.30. The smallest absolute Gasteiger partial charge is 0.239 e. The van der Waals surface area contributed by atoms with E-state index in [1.54, 1.807) is 11.9 Å². The molecule has 0 aromatic heterocycles. The second-order valence-electron chi connectivity index (χ2n) is 5.00. The Morgan fingerprint density at radius 3 is 2.50 bits per heavy atom. The maximum atomic E-state index is 12.1. The van der Waals surface area contributed by atoms with Gasteiger partial charge in [0.1, 0.15) is 5.75 Å². The van der Waals surface area contributed by atoms with Crippen molar-refractivity contribution >= 4 is 18.3 Å². The summed E-state index contributed by atoms with van der Waals surface area (Å²) in [5.41, 5.74) is 6.89. The topological polar surface area (TPSA) is 55.6 Å². The van der Waals surface area contributed by atoms with Crippen LogP contribution in [0.3, 0.4) is 0 Å². The van der Waals surface area contributed by atoms with Gasteiger partial charge in [-0.05, 0) is 18.9 Å². The van der Waals surface area contributed by atoms with Crippen molar-refractivity contribution in [3.8, 4) is 5.75 Å². The lowest BCUT2D eigenvalue weighted by Gasteiger charge is -2.24. The molecule has 20 heavy (non-hydrogen) atoms. The first-order valence-electron chi connectivity index (χ1n) is 6.68. The van der Waals surface area contributed by atoms with E-state index in [9.17, 15) is 4.79 Å². The summed E-state index contributed by atoms with van der Waals surface area (Å²) in [5, 5.41) is 0. The highest BCUT2D eigenvalue weighted by Gasteiger charge is 2.21. The molecule has 0 saturated carbocycles. The van der Waals surface area contributed by atoms with Crippen LogP contribution in [-0.4, -0.2) is 30.5 Å². The van der Waals surface area contributed by atoms with Crippen molar-refractivity contribution in [1.29, 1.82) is 0 Å². The molecule has 0 saturated heterocycles. The van der Waals surface area contributed by atoms with Crippen LogP contribution >= 0.6 is 12.4 Å². The molecule has 0 spiro atoms. The monoisotopic (exact) mass is 300 g/mol. The average Bonchev–Trinajstić information content (AvgIpc) is 2.39. The summed E-state index contributed by atoms with van der Waals surface area (Å²) < 4.78 is 5.56. The van der Waals surface area contributed by atoms with E-state index in [-0.39, 0.29) is 24.2 Å². The third kappa shape index (κ3) is 5.02. The van der Waals surface area contributed by atoms with E-state index >= 15 is 0 Å². The van der Waals surface area contributed by atoms with E-state index in [1.165, 1.54) is 0 Å². The number of nitrogens with two attached hydrogens (primary N) is 1. The van der Waals surface area contributed by atoms with Crippen molar-refractivity contribution in [2.75, 3.05) is 13.7 Å². The summed E-state index contributed by atoms with van der Waals surface area (Å²) in [7, 11) is 1.77. The average molecular weight is 301 g/mol. The lowest BCUT2D eigenvalue weighted by atomic mass is 10.0. The summed E-state index contributed by atoms with van der Waals surface area (Å²) >= 11 is 0. The Hall–Kier alpha value is -1.26. The summed E-state index contributed by atoms with van der Waals surface area (Å²) in [6.45, 7) is 6.96.